The first kappa shape index (κ1) is 14.2. The van der Waals surface area contributed by atoms with Gasteiger partial charge < -0.3 is 5.32 Å². The predicted octanol–water partition coefficient (Wildman–Crippen LogP) is 3.05. The molecule has 0 fully saturated rings. The minimum absolute atomic E-state index is 0.00547. The van der Waals surface area contributed by atoms with Crippen LogP contribution in [0.5, 0.6) is 0 Å². The van der Waals surface area contributed by atoms with Gasteiger partial charge in [-0.2, -0.15) is 0 Å². The zero-order valence-electron chi connectivity index (χ0n) is 11.5. The largest absolute Gasteiger partial charge is 0.316 e. The fourth-order valence-electron chi connectivity index (χ4n) is 2.37. The van der Waals surface area contributed by atoms with E-state index in [0.717, 1.165) is 16.7 Å². The molecule has 0 aliphatic heterocycles. The van der Waals surface area contributed by atoms with Gasteiger partial charge in [0.2, 0.25) is 0 Å². The minimum Gasteiger partial charge on any atom is -0.316 e. The van der Waals surface area contributed by atoms with E-state index in [0.29, 0.717) is 18.4 Å². The van der Waals surface area contributed by atoms with E-state index in [-0.39, 0.29) is 6.04 Å². The summed E-state index contributed by atoms with van der Waals surface area (Å²) in [4.78, 5) is 5.46. The highest BCUT2D eigenvalue weighted by molar-refractivity contribution is 7.15. The van der Waals surface area contributed by atoms with Gasteiger partial charge in [0.1, 0.15) is 0 Å². The maximum atomic E-state index is 13.7. The minimum atomic E-state index is -0.801. The van der Waals surface area contributed by atoms with Crippen molar-refractivity contribution in [1.29, 1.82) is 0 Å². The Hall–Kier alpha value is -1.79. The third-order valence-electron chi connectivity index (χ3n) is 3.50. The second kappa shape index (κ2) is 5.91. The summed E-state index contributed by atoms with van der Waals surface area (Å²) in [6.07, 6.45) is 5.02. The first-order valence-corrected chi connectivity index (χ1v) is 7.56. The number of thiazole rings is 1. The number of aromatic nitrogens is 2. The number of benzene rings is 1. The summed E-state index contributed by atoms with van der Waals surface area (Å²) in [6, 6.07) is 4.30. The molecule has 0 aliphatic rings. The van der Waals surface area contributed by atoms with Crippen LogP contribution < -0.4 is 5.32 Å². The lowest BCUT2D eigenvalue weighted by molar-refractivity contribution is 0.481. The molecule has 1 unspecified atom stereocenters. The maximum Gasteiger partial charge on any atom is 0.193 e. The number of rotatable bonds is 5. The molecule has 1 N–H and O–H groups in total. The Bertz CT molecular complexity index is 722. The fourth-order valence-corrected chi connectivity index (χ4v) is 3.09. The molecule has 3 rings (SSSR count). The van der Waals surface area contributed by atoms with Gasteiger partial charge in [-0.15, -0.1) is 11.3 Å². The van der Waals surface area contributed by atoms with Crippen molar-refractivity contribution in [2.75, 3.05) is 7.05 Å². The van der Waals surface area contributed by atoms with Gasteiger partial charge >= 0.3 is 0 Å². The molecule has 110 valence electrons. The molecule has 2 heterocycles. The molecule has 0 bridgehead atoms. The summed E-state index contributed by atoms with van der Waals surface area (Å²) in [5.41, 5.74) is 1.33. The standard InChI is InChI=1S/C15H15F2N3S/c1-18-11(7-10-3-2-4-13(16)14(10)17)8-12-9-20-5-6-21-15(20)19-12/h2-6,9,11,18H,7-8H2,1H3. The third-order valence-corrected chi connectivity index (χ3v) is 4.28. The van der Waals surface area contributed by atoms with Gasteiger partial charge in [-0.1, -0.05) is 12.1 Å². The van der Waals surface area contributed by atoms with E-state index in [4.69, 9.17) is 0 Å². The molecule has 0 amide bonds. The zero-order chi connectivity index (χ0) is 14.8. The summed E-state index contributed by atoms with van der Waals surface area (Å²) < 4.78 is 29.0. The molecule has 21 heavy (non-hydrogen) atoms. The van der Waals surface area contributed by atoms with Gasteiger partial charge in [0.25, 0.3) is 0 Å². The molecule has 0 radical (unpaired) electrons. The summed E-state index contributed by atoms with van der Waals surface area (Å²) in [6.45, 7) is 0. The van der Waals surface area contributed by atoms with Crippen LogP contribution in [0.4, 0.5) is 8.78 Å². The van der Waals surface area contributed by atoms with Crippen molar-refractivity contribution in [1.82, 2.24) is 14.7 Å². The molecule has 1 aromatic carbocycles. The molecule has 0 saturated heterocycles. The quantitative estimate of drug-likeness (QED) is 0.785. The number of hydrogen-bond donors (Lipinski definition) is 1. The van der Waals surface area contributed by atoms with E-state index in [1.165, 1.54) is 6.07 Å². The Morgan fingerprint density at radius 1 is 1.33 bits per heavy atom. The Morgan fingerprint density at radius 3 is 2.95 bits per heavy atom. The molecule has 3 aromatic rings. The van der Waals surface area contributed by atoms with Crippen LogP contribution in [0.15, 0.2) is 36.0 Å². The van der Waals surface area contributed by atoms with Crippen molar-refractivity contribution < 1.29 is 8.78 Å². The van der Waals surface area contributed by atoms with E-state index in [9.17, 15) is 8.78 Å². The number of imidazole rings is 1. The summed E-state index contributed by atoms with van der Waals surface area (Å²) in [5.74, 6) is -1.56. The van der Waals surface area contributed by atoms with E-state index in [1.807, 2.05) is 29.2 Å². The van der Waals surface area contributed by atoms with Crippen LogP contribution in [0.3, 0.4) is 0 Å². The van der Waals surface area contributed by atoms with Gasteiger partial charge in [0, 0.05) is 30.2 Å². The third kappa shape index (κ3) is 2.96. The SMILES string of the molecule is CNC(Cc1cn2ccsc2n1)Cc1cccc(F)c1F. The van der Waals surface area contributed by atoms with Gasteiger partial charge in [-0.05, 0) is 25.1 Å². The molecule has 1 atom stereocenters. The second-order valence-electron chi connectivity index (χ2n) is 4.93. The van der Waals surface area contributed by atoms with Crippen LogP contribution in [-0.2, 0) is 12.8 Å². The Kier molecular flexibility index (Phi) is 3.98. The van der Waals surface area contributed by atoms with Crippen molar-refractivity contribution in [3.63, 3.8) is 0 Å². The lowest BCUT2D eigenvalue weighted by Gasteiger charge is -2.15. The number of likely N-dealkylation sites (N-methyl/N-ethyl adjacent to an activating group) is 1. The highest BCUT2D eigenvalue weighted by atomic mass is 32.1. The number of hydrogen-bond acceptors (Lipinski definition) is 3. The first-order valence-electron chi connectivity index (χ1n) is 6.68. The van der Waals surface area contributed by atoms with Gasteiger partial charge in [-0.25, -0.2) is 13.8 Å². The Balaban J connectivity index is 1.75. The number of nitrogens with one attached hydrogen (secondary N) is 1. The number of nitrogens with zero attached hydrogens (tertiary/aromatic N) is 2. The molecule has 6 heteroatoms. The van der Waals surface area contributed by atoms with E-state index >= 15 is 0 Å². The lowest BCUT2D eigenvalue weighted by atomic mass is 10.0. The number of fused-ring (bicyclic) bond motifs is 1. The Morgan fingerprint density at radius 2 is 2.19 bits per heavy atom. The van der Waals surface area contributed by atoms with Crippen LogP contribution in [0.25, 0.3) is 4.96 Å². The maximum absolute atomic E-state index is 13.7. The van der Waals surface area contributed by atoms with Crippen LogP contribution in [0, 0.1) is 11.6 Å². The molecular weight excluding hydrogens is 292 g/mol. The molecule has 0 saturated carbocycles. The van der Waals surface area contributed by atoms with Crippen molar-refractivity contribution in [2.24, 2.45) is 0 Å². The van der Waals surface area contributed by atoms with Crippen LogP contribution >= 0.6 is 11.3 Å². The Labute approximate surface area is 125 Å². The number of halogens is 2. The molecule has 0 aliphatic carbocycles. The lowest BCUT2D eigenvalue weighted by Crippen LogP contribution is -2.30. The molecule has 3 nitrogen and oxygen atoms in total. The van der Waals surface area contributed by atoms with Gasteiger partial charge in [0.15, 0.2) is 16.6 Å². The average Bonchev–Trinajstić information content (AvgIpc) is 3.04. The predicted molar refractivity (Wildman–Crippen MR) is 79.7 cm³/mol. The molecular formula is C15H15F2N3S. The van der Waals surface area contributed by atoms with Crippen molar-refractivity contribution in [3.8, 4) is 0 Å². The highest BCUT2D eigenvalue weighted by Gasteiger charge is 2.15. The zero-order valence-corrected chi connectivity index (χ0v) is 12.3. The van der Waals surface area contributed by atoms with Crippen molar-refractivity contribution >= 4 is 16.3 Å². The van der Waals surface area contributed by atoms with Gasteiger partial charge in [0.05, 0.1) is 5.69 Å². The summed E-state index contributed by atoms with van der Waals surface area (Å²) >= 11 is 1.57. The first-order chi connectivity index (χ1) is 10.2. The average molecular weight is 307 g/mol. The van der Waals surface area contributed by atoms with Gasteiger partial charge in [-0.3, -0.25) is 4.40 Å². The van der Waals surface area contributed by atoms with Crippen LogP contribution in [-0.4, -0.2) is 22.5 Å². The van der Waals surface area contributed by atoms with E-state index in [2.05, 4.69) is 10.3 Å². The highest BCUT2D eigenvalue weighted by Crippen LogP contribution is 2.16. The normalized spacial score (nSPS) is 12.9. The van der Waals surface area contributed by atoms with Crippen molar-refractivity contribution in [2.45, 2.75) is 18.9 Å². The fraction of sp³-hybridized carbons (Fsp3) is 0.267. The van der Waals surface area contributed by atoms with E-state index < -0.39 is 11.6 Å². The summed E-state index contributed by atoms with van der Waals surface area (Å²) in [5, 5.41) is 5.12. The second-order valence-corrected chi connectivity index (χ2v) is 5.80. The van der Waals surface area contributed by atoms with Crippen LogP contribution in [0.1, 0.15) is 11.3 Å². The molecule has 2 aromatic heterocycles. The van der Waals surface area contributed by atoms with Crippen molar-refractivity contribution in [3.05, 3.63) is 58.9 Å². The topological polar surface area (TPSA) is 29.3 Å². The smallest absolute Gasteiger partial charge is 0.193 e. The molecule has 0 spiro atoms. The monoisotopic (exact) mass is 307 g/mol. The summed E-state index contributed by atoms with van der Waals surface area (Å²) in [7, 11) is 1.82. The van der Waals surface area contributed by atoms with E-state index in [1.54, 1.807) is 17.4 Å². The van der Waals surface area contributed by atoms with Crippen LogP contribution in [0.2, 0.25) is 0 Å².